The summed E-state index contributed by atoms with van der Waals surface area (Å²) in [6.45, 7) is 1.10. The Labute approximate surface area is 148 Å². The van der Waals surface area contributed by atoms with Gasteiger partial charge in [0.05, 0.1) is 13.0 Å². The SMILES string of the molecule is COCCOC(=O)CC1C(=O)NCCN1C(=O)c1ccc(Br)cc1. The highest BCUT2D eigenvalue weighted by Crippen LogP contribution is 2.17. The monoisotopic (exact) mass is 398 g/mol. The Hall–Kier alpha value is -1.93. The first-order chi connectivity index (χ1) is 11.5. The summed E-state index contributed by atoms with van der Waals surface area (Å²) in [5.41, 5.74) is 0.464. The highest BCUT2D eigenvalue weighted by Gasteiger charge is 2.35. The molecule has 130 valence electrons. The van der Waals surface area contributed by atoms with Gasteiger partial charge in [0.1, 0.15) is 12.6 Å². The molecule has 2 amide bonds. The maximum absolute atomic E-state index is 12.7. The molecule has 1 aliphatic rings. The molecule has 8 heteroatoms. The fourth-order valence-electron chi connectivity index (χ4n) is 2.37. The number of rotatable bonds is 6. The molecule has 1 heterocycles. The second-order valence-electron chi connectivity index (χ2n) is 5.23. The number of piperazine rings is 1. The van der Waals surface area contributed by atoms with Crippen LogP contribution in [0.3, 0.4) is 0 Å². The highest BCUT2D eigenvalue weighted by molar-refractivity contribution is 9.10. The molecule has 1 N–H and O–H groups in total. The Morgan fingerprint density at radius 3 is 2.67 bits per heavy atom. The molecule has 1 aliphatic heterocycles. The molecule has 0 spiro atoms. The van der Waals surface area contributed by atoms with Gasteiger partial charge in [-0.05, 0) is 24.3 Å². The van der Waals surface area contributed by atoms with Crippen LogP contribution < -0.4 is 5.32 Å². The van der Waals surface area contributed by atoms with Crippen molar-refractivity contribution in [1.82, 2.24) is 10.2 Å². The summed E-state index contributed by atoms with van der Waals surface area (Å²) < 4.78 is 10.7. The molecule has 1 atom stereocenters. The summed E-state index contributed by atoms with van der Waals surface area (Å²) in [6, 6.07) is 5.99. The number of ether oxygens (including phenoxy) is 2. The van der Waals surface area contributed by atoms with Gasteiger partial charge in [0.15, 0.2) is 0 Å². The molecular formula is C16H19BrN2O5. The van der Waals surface area contributed by atoms with E-state index in [2.05, 4.69) is 21.2 Å². The maximum Gasteiger partial charge on any atom is 0.308 e. The van der Waals surface area contributed by atoms with Gasteiger partial charge >= 0.3 is 5.97 Å². The third kappa shape index (κ3) is 4.78. The minimum atomic E-state index is -0.870. The number of esters is 1. The lowest BCUT2D eigenvalue weighted by molar-refractivity contribution is -0.148. The zero-order valence-corrected chi connectivity index (χ0v) is 14.9. The third-order valence-electron chi connectivity index (χ3n) is 3.59. The molecule has 1 fully saturated rings. The van der Waals surface area contributed by atoms with E-state index in [9.17, 15) is 14.4 Å². The summed E-state index contributed by atoms with van der Waals surface area (Å²) in [5, 5.41) is 2.68. The van der Waals surface area contributed by atoms with E-state index in [0.717, 1.165) is 4.47 Å². The van der Waals surface area contributed by atoms with Crippen molar-refractivity contribution in [3.05, 3.63) is 34.3 Å². The van der Waals surface area contributed by atoms with E-state index >= 15 is 0 Å². The first-order valence-electron chi connectivity index (χ1n) is 7.51. The van der Waals surface area contributed by atoms with E-state index in [1.165, 1.54) is 12.0 Å². The largest absolute Gasteiger partial charge is 0.463 e. The standard InChI is InChI=1S/C16H19BrN2O5/c1-23-8-9-24-14(20)10-13-15(21)18-6-7-19(13)16(22)11-2-4-12(17)5-3-11/h2-5,13H,6-10H2,1H3,(H,18,21). The zero-order chi connectivity index (χ0) is 17.5. The summed E-state index contributed by atoms with van der Waals surface area (Å²) in [7, 11) is 1.50. The molecule has 1 unspecified atom stereocenters. The average molecular weight is 399 g/mol. The van der Waals surface area contributed by atoms with Gasteiger partial charge in [-0.15, -0.1) is 0 Å². The molecule has 1 aromatic rings. The van der Waals surface area contributed by atoms with Crippen LogP contribution in [-0.2, 0) is 19.1 Å². The van der Waals surface area contributed by atoms with Crippen LogP contribution in [0.15, 0.2) is 28.7 Å². The van der Waals surface area contributed by atoms with Crippen molar-refractivity contribution < 1.29 is 23.9 Å². The van der Waals surface area contributed by atoms with Gasteiger partial charge in [-0.3, -0.25) is 14.4 Å². The lowest BCUT2D eigenvalue weighted by Gasteiger charge is -2.34. The molecule has 0 saturated carbocycles. The van der Waals surface area contributed by atoms with Crippen LogP contribution in [-0.4, -0.2) is 62.1 Å². The summed E-state index contributed by atoms with van der Waals surface area (Å²) in [6.07, 6.45) is -0.183. The lowest BCUT2D eigenvalue weighted by atomic mass is 10.1. The zero-order valence-electron chi connectivity index (χ0n) is 13.3. The number of carbonyl (C=O) groups is 3. The maximum atomic E-state index is 12.7. The van der Waals surface area contributed by atoms with E-state index in [0.29, 0.717) is 18.7 Å². The fraction of sp³-hybridized carbons (Fsp3) is 0.438. The molecule has 0 aliphatic carbocycles. The molecular weight excluding hydrogens is 380 g/mol. The number of nitrogens with one attached hydrogen (secondary N) is 1. The third-order valence-corrected chi connectivity index (χ3v) is 4.12. The Kier molecular flexibility index (Phi) is 6.74. The first kappa shape index (κ1) is 18.4. The predicted molar refractivity (Wildman–Crippen MR) is 89.4 cm³/mol. The molecule has 2 rings (SSSR count). The average Bonchev–Trinajstić information content (AvgIpc) is 2.57. The van der Waals surface area contributed by atoms with Crippen molar-refractivity contribution in [2.75, 3.05) is 33.4 Å². The molecule has 24 heavy (non-hydrogen) atoms. The van der Waals surface area contributed by atoms with Crippen LogP contribution in [0.25, 0.3) is 0 Å². The van der Waals surface area contributed by atoms with Gasteiger partial charge in [0, 0.05) is 30.2 Å². The molecule has 0 bridgehead atoms. The smallest absolute Gasteiger partial charge is 0.308 e. The summed E-state index contributed by atoms with van der Waals surface area (Å²) in [5.74, 6) is -1.18. The van der Waals surface area contributed by atoms with Crippen molar-refractivity contribution in [2.45, 2.75) is 12.5 Å². The number of benzene rings is 1. The predicted octanol–water partition coefficient (Wildman–Crippen LogP) is 0.969. The van der Waals surface area contributed by atoms with Crippen LogP contribution in [0.4, 0.5) is 0 Å². The van der Waals surface area contributed by atoms with E-state index in [-0.39, 0.29) is 31.4 Å². The van der Waals surface area contributed by atoms with E-state index < -0.39 is 12.0 Å². The van der Waals surface area contributed by atoms with Gasteiger partial charge in [0.2, 0.25) is 5.91 Å². The number of amides is 2. The highest BCUT2D eigenvalue weighted by atomic mass is 79.9. The first-order valence-corrected chi connectivity index (χ1v) is 8.31. The van der Waals surface area contributed by atoms with Gasteiger partial charge in [-0.2, -0.15) is 0 Å². The summed E-state index contributed by atoms with van der Waals surface area (Å²) in [4.78, 5) is 38.1. The second-order valence-corrected chi connectivity index (χ2v) is 6.15. The number of hydrogen-bond acceptors (Lipinski definition) is 5. The number of nitrogens with zero attached hydrogens (tertiary/aromatic N) is 1. The van der Waals surface area contributed by atoms with Crippen molar-refractivity contribution in [3.63, 3.8) is 0 Å². The topological polar surface area (TPSA) is 84.9 Å². The number of methoxy groups -OCH3 is 1. The number of hydrogen-bond donors (Lipinski definition) is 1. The van der Waals surface area contributed by atoms with Crippen LogP contribution in [0.5, 0.6) is 0 Å². The van der Waals surface area contributed by atoms with Crippen molar-refractivity contribution >= 4 is 33.7 Å². The normalized spacial score (nSPS) is 17.3. The summed E-state index contributed by atoms with van der Waals surface area (Å²) >= 11 is 3.31. The van der Waals surface area contributed by atoms with Crippen molar-refractivity contribution in [3.8, 4) is 0 Å². The Morgan fingerprint density at radius 1 is 1.29 bits per heavy atom. The Morgan fingerprint density at radius 2 is 2.00 bits per heavy atom. The van der Waals surface area contributed by atoms with Crippen molar-refractivity contribution in [1.29, 1.82) is 0 Å². The van der Waals surface area contributed by atoms with Gasteiger partial charge in [-0.25, -0.2) is 0 Å². The van der Waals surface area contributed by atoms with Crippen LogP contribution in [0.1, 0.15) is 16.8 Å². The van der Waals surface area contributed by atoms with Gasteiger partial charge in [0.25, 0.3) is 5.91 Å². The number of carbonyl (C=O) groups excluding carboxylic acids is 3. The van der Waals surface area contributed by atoms with E-state index in [1.807, 2.05) is 0 Å². The van der Waals surface area contributed by atoms with Crippen molar-refractivity contribution in [2.24, 2.45) is 0 Å². The Balaban J connectivity index is 2.07. The van der Waals surface area contributed by atoms with Gasteiger partial charge in [-0.1, -0.05) is 15.9 Å². The number of halogens is 1. The lowest BCUT2D eigenvalue weighted by Crippen LogP contribution is -2.57. The van der Waals surface area contributed by atoms with Crippen LogP contribution in [0, 0.1) is 0 Å². The Bertz CT molecular complexity index is 605. The van der Waals surface area contributed by atoms with Crippen LogP contribution in [0.2, 0.25) is 0 Å². The minimum absolute atomic E-state index is 0.115. The molecule has 7 nitrogen and oxygen atoms in total. The molecule has 0 aromatic heterocycles. The van der Waals surface area contributed by atoms with Gasteiger partial charge < -0.3 is 19.7 Å². The van der Waals surface area contributed by atoms with E-state index in [1.54, 1.807) is 24.3 Å². The fourth-order valence-corrected chi connectivity index (χ4v) is 2.64. The quantitative estimate of drug-likeness (QED) is 0.569. The minimum Gasteiger partial charge on any atom is -0.463 e. The van der Waals surface area contributed by atoms with Crippen LogP contribution >= 0.6 is 15.9 Å². The molecule has 1 saturated heterocycles. The molecule has 0 radical (unpaired) electrons. The molecule has 1 aromatic carbocycles. The second kappa shape index (κ2) is 8.79. The van der Waals surface area contributed by atoms with E-state index in [4.69, 9.17) is 9.47 Å².